The maximum atomic E-state index is 12.6. The number of halogens is 1. The van der Waals surface area contributed by atoms with Gasteiger partial charge in [-0.3, -0.25) is 9.69 Å². The summed E-state index contributed by atoms with van der Waals surface area (Å²) < 4.78 is 23.1. The smallest absolute Gasteiger partial charge is 0.323 e. The molecule has 3 amide bonds. The zero-order chi connectivity index (χ0) is 16.0. The molecule has 0 bridgehead atoms. The van der Waals surface area contributed by atoms with Crippen LogP contribution in [-0.2, 0) is 21.2 Å². The molecule has 1 aromatic carbocycles. The minimum absolute atomic E-state index is 0.0822. The Balaban J connectivity index is 1.82. The predicted octanol–water partition coefficient (Wildman–Crippen LogP) is 1.34. The first-order chi connectivity index (χ1) is 10.3. The highest BCUT2D eigenvalue weighted by Crippen LogP contribution is 2.31. The van der Waals surface area contributed by atoms with Crippen molar-refractivity contribution in [1.82, 2.24) is 10.2 Å². The average molecular weight is 343 g/mol. The molecule has 2 aliphatic heterocycles. The Morgan fingerprint density at radius 3 is 2.45 bits per heavy atom. The highest BCUT2D eigenvalue weighted by Gasteiger charge is 2.53. The van der Waals surface area contributed by atoms with E-state index >= 15 is 0 Å². The van der Waals surface area contributed by atoms with Crippen molar-refractivity contribution < 1.29 is 18.0 Å². The average Bonchev–Trinajstić information content (AvgIpc) is 2.70. The molecule has 0 aliphatic carbocycles. The van der Waals surface area contributed by atoms with E-state index in [4.69, 9.17) is 11.6 Å². The van der Waals surface area contributed by atoms with Crippen LogP contribution in [0.3, 0.4) is 0 Å². The normalized spacial score (nSPS) is 22.9. The third-order valence-corrected chi connectivity index (χ3v) is 6.23. The molecular weight excluding hydrogens is 328 g/mol. The van der Waals surface area contributed by atoms with Crippen molar-refractivity contribution in [1.29, 1.82) is 0 Å². The Morgan fingerprint density at radius 1 is 1.18 bits per heavy atom. The van der Waals surface area contributed by atoms with Crippen molar-refractivity contribution >= 4 is 33.4 Å². The molecule has 1 spiro atoms. The molecule has 22 heavy (non-hydrogen) atoms. The summed E-state index contributed by atoms with van der Waals surface area (Å²) in [6, 6.07) is 6.50. The zero-order valence-corrected chi connectivity index (χ0v) is 13.3. The zero-order valence-electron chi connectivity index (χ0n) is 11.7. The number of urea groups is 1. The Bertz CT molecular complexity index is 733. The number of sulfone groups is 1. The lowest BCUT2D eigenvalue weighted by Crippen LogP contribution is -2.52. The van der Waals surface area contributed by atoms with Crippen LogP contribution in [0.25, 0.3) is 0 Å². The van der Waals surface area contributed by atoms with Gasteiger partial charge in [0.05, 0.1) is 18.1 Å². The van der Waals surface area contributed by atoms with Crippen molar-refractivity contribution in [2.75, 3.05) is 11.5 Å². The fourth-order valence-electron chi connectivity index (χ4n) is 2.84. The minimum Gasteiger partial charge on any atom is -0.323 e. The Hall–Kier alpha value is -1.60. The summed E-state index contributed by atoms with van der Waals surface area (Å²) in [5.74, 6) is -0.537. The number of imide groups is 1. The van der Waals surface area contributed by atoms with Gasteiger partial charge in [-0.05, 0) is 24.5 Å². The van der Waals surface area contributed by atoms with Crippen LogP contribution in [0.2, 0.25) is 5.02 Å². The number of hydrogen-bond donors (Lipinski definition) is 1. The van der Waals surface area contributed by atoms with Crippen LogP contribution in [0.5, 0.6) is 0 Å². The molecule has 1 N–H and O–H groups in total. The molecule has 1 aromatic rings. The van der Waals surface area contributed by atoms with Gasteiger partial charge in [-0.25, -0.2) is 13.2 Å². The van der Waals surface area contributed by atoms with Crippen LogP contribution >= 0.6 is 11.6 Å². The van der Waals surface area contributed by atoms with E-state index in [0.29, 0.717) is 10.6 Å². The monoisotopic (exact) mass is 342 g/mol. The Kier molecular flexibility index (Phi) is 3.65. The van der Waals surface area contributed by atoms with E-state index in [1.807, 2.05) is 0 Å². The highest BCUT2D eigenvalue weighted by atomic mass is 35.5. The highest BCUT2D eigenvalue weighted by molar-refractivity contribution is 7.91. The number of rotatable bonds is 2. The molecule has 2 saturated heterocycles. The molecule has 0 atom stereocenters. The number of nitrogens with zero attached hydrogens (tertiary/aromatic N) is 1. The van der Waals surface area contributed by atoms with Crippen molar-refractivity contribution in [2.24, 2.45) is 0 Å². The first-order valence-corrected chi connectivity index (χ1v) is 9.11. The van der Waals surface area contributed by atoms with Gasteiger partial charge in [0.25, 0.3) is 5.91 Å². The maximum Gasteiger partial charge on any atom is 0.325 e. The summed E-state index contributed by atoms with van der Waals surface area (Å²) >= 11 is 6.06. The van der Waals surface area contributed by atoms with Crippen LogP contribution in [-0.4, -0.2) is 42.3 Å². The van der Waals surface area contributed by atoms with Gasteiger partial charge >= 0.3 is 6.03 Å². The quantitative estimate of drug-likeness (QED) is 0.822. The van der Waals surface area contributed by atoms with Crippen LogP contribution in [0.4, 0.5) is 4.79 Å². The van der Waals surface area contributed by atoms with Crippen LogP contribution in [0.1, 0.15) is 18.4 Å². The number of carbonyl (C=O) groups is 2. The summed E-state index contributed by atoms with van der Waals surface area (Å²) in [5, 5.41) is 3.16. The third-order valence-electron chi connectivity index (χ3n) is 4.21. The molecule has 6 nitrogen and oxygen atoms in total. The number of nitrogens with one attached hydrogen (secondary N) is 1. The van der Waals surface area contributed by atoms with E-state index in [1.54, 1.807) is 24.3 Å². The number of hydrogen-bond acceptors (Lipinski definition) is 4. The lowest BCUT2D eigenvalue weighted by atomic mass is 9.92. The van der Waals surface area contributed by atoms with Crippen molar-refractivity contribution in [3.05, 3.63) is 34.9 Å². The molecule has 0 aromatic heterocycles. The second kappa shape index (κ2) is 5.24. The molecule has 0 saturated carbocycles. The molecule has 0 radical (unpaired) electrons. The number of amides is 3. The van der Waals surface area contributed by atoms with Crippen molar-refractivity contribution in [3.8, 4) is 0 Å². The minimum atomic E-state index is -3.11. The number of benzene rings is 1. The summed E-state index contributed by atoms with van der Waals surface area (Å²) in [6.45, 7) is 0.0822. The fourth-order valence-corrected chi connectivity index (χ4v) is 4.56. The largest absolute Gasteiger partial charge is 0.325 e. The van der Waals surface area contributed by atoms with E-state index in [-0.39, 0.29) is 36.8 Å². The molecule has 8 heteroatoms. The lowest BCUT2D eigenvalue weighted by Gasteiger charge is -2.30. The second-order valence-electron chi connectivity index (χ2n) is 5.65. The van der Waals surface area contributed by atoms with E-state index < -0.39 is 21.4 Å². The van der Waals surface area contributed by atoms with Gasteiger partial charge in [0.2, 0.25) is 0 Å². The Morgan fingerprint density at radius 2 is 1.82 bits per heavy atom. The Labute approximate surface area is 133 Å². The van der Waals surface area contributed by atoms with E-state index in [0.717, 1.165) is 4.90 Å². The van der Waals surface area contributed by atoms with E-state index in [9.17, 15) is 18.0 Å². The maximum absolute atomic E-state index is 12.6. The molecule has 2 aliphatic rings. The predicted molar refractivity (Wildman–Crippen MR) is 81.2 cm³/mol. The third kappa shape index (κ3) is 2.59. The summed E-state index contributed by atoms with van der Waals surface area (Å²) in [5.41, 5.74) is -0.405. The molecule has 2 fully saturated rings. The van der Waals surface area contributed by atoms with E-state index in [2.05, 4.69) is 5.32 Å². The first kappa shape index (κ1) is 15.3. The van der Waals surface area contributed by atoms with Gasteiger partial charge in [0, 0.05) is 5.02 Å². The molecular formula is C14H15ClN2O4S. The van der Waals surface area contributed by atoms with Gasteiger partial charge in [-0.1, -0.05) is 29.8 Å². The lowest BCUT2D eigenvalue weighted by molar-refractivity contribution is -0.132. The van der Waals surface area contributed by atoms with Gasteiger partial charge in [0.1, 0.15) is 5.54 Å². The summed E-state index contributed by atoms with van der Waals surface area (Å²) in [4.78, 5) is 25.9. The van der Waals surface area contributed by atoms with Crippen LogP contribution in [0.15, 0.2) is 24.3 Å². The summed E-state index contributed by atoms with van der Waals surface area (Å²) in [6.07, 6.45) is 0.248. The van der Waals surface area contributed by atoms with E-state index in [1.165, 1.54) is 0 Å². The molecule has 118 valence electrons. The van der Waals surface area contributed by atoms with Crippen LogP contribution in [0, 0.1) is 0 Å². The second-order valence-corrected chi connectivity index (χ2v) is 8.36. The van der Waals surface area contributed by atoms with Gasteiger partial charge in [-0.2, -0.15) is 0 Å². The SMILES string of the molecule is O=C1NC2(CCS(=O)(=O)CC2)C(=O)N1Cc1ccccc1Cl. The number of carbonyl (C=O) groups excluding carboxylic acids is 2. The summed E-state index contributed by atoms with van der Waals surface area (Å²) in [7, 11) is -3.11. The first-order valence-electron chi connectivity index (χ1n) is 6.91. The standard InChI is InChI=1S/C14H15ClN2O4S/c15-11-4-2-1-3-10(11)9-17-12(18)14(16-13(17)19)5-7-22(20,21)8-6-14/h1-4H,5-9H2,(H,16,19). The van der Waals surface area contributed by atoms with Crippen molar-refractivity contribution in [3.63, 3.8) is 0 Å². The van der Waals surface area contributed by atoms with Gasteiger partial charge < -0.3 is 5.32 Å². The molecule has 2 heterocycles. The fraction of sp³-hybridized carbons (Fsp3) is 0.429. The van der Waals surface area contributed by atoms with Crippen LogP contribution < -0.4 is 5.32 Å². The van der Waals surface area contributed by atoms with Gasteiger partial charge in [-0.15, -0.1) is 0 Å². The topological polar surface area (TPSA) is 83.5 Å². The van der Waals surface area contributed by atoms with Crippen molar-refractivity contribution in [2.45, 2.75) is 24.9 Å². The molecule has 0 unspecified atom stereocenters. The van der Waals surface area contributed by atoms with Gasteiger partial charge in [0.15, 0.2) is 9.84 Å². The molecule has 3 rings (SSSR count).